The Morgan fingerprint density at radius 2 is 2.55 bits per heavy atom. The van der Waals surface area contributed by atoms with E-state index in [-0.39, 0.29) is 12.6 Å². The first-order valence-corrected chi connectivity index (χ1v) is 4.86. The molecule has 62 valence electrons. The van der Waals surface area contributed by atoms with Crippen LogP contribution in [0.25, 0.3) is 0 Å². The molecule has 0 amide bonds. The lowest BCUT2D eigenvalue weighted by atomic mass is 10.2. The zero-order chi connectivity index (χ0) is 8.27. The molecule has 1 atom stereocenters. The molecule has 0 saturated carbocycles. The van der Waals surface area contributed by atoms with Crippen LogP contribution in [0.1, 0.15) is 5.69 Å². The van der Waals surface area contributed by atoms with Crippen molar-refractivity contribution in [3.05, 3.63) is 15.0 Å². The summed E-state index contributed by atoms with van der Waals surface area (Å²) in [6.45, 7) is 0.00907. The van der Waals surface area contributed by atoms with E-state index >= 15 is 0 Å². The van der Waals surface area contributed by atoms with Gasteiger partial charge in [-0.05, 0) is 15.9 Å². The third-order valence-corrected chi connectivity index (χ3v) is 2.64. The fourth-order valence-corrected chi connectivity index (χ4v) is 1.77. The lowest BCUT2D eigenvalue weighted by Crippen LogP contribution is -2.26. The average molecular weight is 237 g/mol. The third-order valence-electron chi connectivity index (χ3n) is 1.23. The molecule has 1 aromatic rings. The monoisotopic (exact) mass is 236 g/mol. The molecule has 1 heterocycles. The number of aromatic nitrogens is 1. The maximum atomic E-state index is 8.64. The second kappa shape index (κ2) is 4.15. The molecular weight excluding hydrogens is 228 g/mol. The predicted molar refractivity (Wildman–Crippen MR) is 48.6 cm³/mol. The number of aliphatic hydroxyl groups is 1. The van der Waals surface area contributed by atoms with Gasteiger partial charge in [0.15, 0.2) is 3.92 Å². The number of thiazole rings is 1. The molecule has 0 aliphatic carbocycles. The summed E-state index contributed by atoms with van der Waals surface area (Å²) in [6.07, 6.45) is 0.637. The first-order valence-electron chi connectivity index (χ1n) is 3.18. The minimum Gasteiger partial charge on any atom is -0.395 e. The second-order valence-corrected chi connectivity index (χ2v) is 4.37. The number of hydrogen-bond acceptors (Lipinski definition) is 4. The van der Waals surface area contributed by atoms with E-state index in [0.717, 1.165) is 9.61 Å². The van der Waals surface area contributed by atoms with Gasteiger partial charge in [0.2, 0.25) is 0 Å². The van der Waals surface area contributed by atoms with E-state index in [1.54, 1.807) is 0 Å². The van der Waals surface area contributed by atoms with E-state index in [9.17, 15) is 0 Å². The average Bonchev–Trinajstić information content (AvgIpc) is 2.35. The van der Waals surface area contributed by atoms with Gasteiger partial charge >= 0.3 is 0 Å². The molecule has 0 aliphatic rings. The summed E-state index contributed by atoms with van der Waals surface area (Å²) in [5.41, 5.74) is 6.45. The Morgan fingerprint density at radius 1 is 1.82 bits per heavy atom. The van der Waals surface area contributed by atoms with E-state index in [4.69, 9.17) is 10.8 Å². The van der Waals surface area contributed by atoms with Gasteiger partial charge in [0.25, 0.3) is 0 Å². The first-order chi connectivity index (χ1) is 5.22. The van der Waals surface area contributed by atoms with Gasteiger partial charge < -0.3 is 10.8 Å². The Labute approximate surface area is 77.4 Å². The molecule has 0 radical (unpaired) electrons. The molecule has 3 nitrogen and oxygen atoms in total. The Balaban J connectivity index is 2.50. The maximum Gasteiger partial charge on any atom is 0.159 e. The van der Waals surface area contributed by atoms with E-state index in [1.165, 1.54) is 11.3 Å². The van der Waals surface area contributed by atoms with Crippen LogP contribution in [-0.2, 0) is 6.42 Å². The van der Waals surface area contributed by atoms with E-state index < -0.39 is 0 Å². The van der Waals surface area contributed by atoms with Gasteiger partial charge in [0, 0.05) is 17.8 Å². The zero-order valence-electron chi connectivity index (χ0n) is 5.83. The van der Waals surface area contributed by atoms with Crippen LogP contribution >= 0.6 is 27.3 Å². The molecule has 5 heteroatoms. The summed E-state index contributed by atoms with van der Waals surface area (Å²) in [6, 6.07) is -0.191. The molecule has 0 aromatic carbocycles. The summed E-state index contributed by atoms with van der Waals surface area (Å²) < 4.78 is 0.859. The number of nitrogens with zero attached hydrogens (tertiary/aromatic N) is 1. The van der Waals surface area contributed by atoms with Gasteiger partial charge in [0.1, 0.15) is 0 Å². The molecule has 0 aliphatic heterocycles. The molecule has 1 unspecified atom stereocenters. The van der Waals surface area contributed by atoms with Crippen LogP contribution in [0.15, 0.2) is 9.30 Å². The highest BCUT2D eigenvalue weighted by Gasteiger charge is 2.04. The fourth-order valence-electron chi connectivity index (χ4n) is 0.709. The highest BCUT2D eigenvalue weighted by atomic mass is 79.9. The zero-order valence-corrected chi connectivity index (χ0v) is 8.23. The minimum atomic E-state index is -0.191. The van der Waals surface area contributed by atoms with Gasteiger partial charge in [-0.15, -0.1) is 11.3 Å². The van der Waals surface area contributed by atoms with Crippen molar-refractivity contribution in [1.29, 1.82) is 0 Å². The quantitative estimate of drug-likeness (QED) is 0.816. The van der Waals surface area contributed by atoms with Gasteiger partial charge in [0.05, 0.1) is 12.3 Å². The van der Waals surface area contributed by atoms with Crippen molar-refractivity contribution in [2.45, 2.75) is 12.5 Å². The van der Waals surface area contributed by atoms with Crippen LogP contribution < -0.4 is 5.73 Å². The summed E-state index contributed by atoms with van der Waals surface area (Å²) in [7, 11) is 0. The van der Waals surface area contributed by atoms with Gasteiger partial charge in [-0.1, -0.05) is 0 Å². The summed E-state index contributed by atoms with van der Waals surface area (Å²) in [4.78, 5) is 4.14. The van der Waals surface area contributed by atoms with E-state index in [1.807, 2.05) is 5.38 Å². The van der Waals surface area contributed by atoms with Crippen LogP contribution in [0.3, 0.4) is 0 Å². The maximum absolute atomic E-state index is 8.64. The summed E-state index contributed by atoms with van der Waals surface area (Å²) in [5.74, 6) is 0. The normalized spacial score (nSPS) is 13.4. The SMILES string of the molecule is NC(CO)Cc1csc(Br)n1. The fraction of sp³-hybridized carbons (Fsp3) is 0.500. The summed E-state index contributed by atoms with van der Waals surface area (Å²) >= 11 is 4.77. The number of halogens is 1. The Morgan fingerprint density at radius 3 is 3.00 bits per heavy atom. The molecule has 1 rings (SSSR count). The van der Waals surface area contributed by atoms with Gasteiger partial charge in [-0.2, -0.15) is 0 Å². The molecule has 0 saturated heterocycles. The topological polar surface area (TPSA) is 59.1 Å². The van der Waals surface area contributed by atoms with Crippen molar-refractivity contribution in [3.8, 4) is 0 Å². The third kappa shape index (κ3) is 2.86. The van der Waals surface area contributed by atoms with Crippen molar-refractivity contribution in [1.82, 2.24) is 4.98 Å². The van der Waals surface area contributed by atoms with Crippen molar-refractivity contribution in [3.63, 3.8) is 0 Å². The van der Waals surface area contributed by atoms with Crippen LogP contribution in [0.5, 0.6) is 0 Å². The molecule has 1 aromatic heterocycles. The second-order valence-electron chi connectivity index (χ2n) is 2.24. The lowest BCUT2D eigenvalue weighted by Gasteiger charge is -2.03. The first kappa shape index (κ1) is 9.12. The smallest absolute Gasteiger partial charge is 0.159 e. The lowest BCUT2D eigenvalue weighted by molar-refractivity contribution is 0.264. The number of aliphatic hydroxyl groups excluding tert-OH is 1. The highest BCUT2D eigenvalue weighted by Crippen LogP contribution is 2.16. The predicted octanol–water partition coefficient (Wildman–Crippen LogP) is 0.768. The molecular formula is C6H9BrN2OS. The van der Waals surface area contributed by atoms with Crippen molar-refractivity contribution >= 4 is 27.3 Å². The Bertz CT molecular complexity index is 228. The number of nitrogens with two attached hydrogens (primary N) is 1. The largest absolute Gasteiger partial charge is 0.395 e. The molecule has 11 heavy (non-hydrogen) atoms. The van der Waals surface area contributed by atoms with E-state index in [0.29, 0.717) is 6.42 Å². The van der Waals surface area contributed by atoms with E-state index in [2.05, 4.69) is 20.9 Å². The molecule has 0 bridgehead atoms. The highest BCUT2D eigenvalue weighted by molar-refractivity contribution is 9.11. The minimum absolute atomic E-state index is 0.00907. The molecule has 0 spiro atoms. The van der Waals surface area contributed by atoms with Gasteiger partial charge in [-0.3, -0.25) is 0 Å². The van der Waals surface area contributed by atoms with Crippen LogP contribution in [0, 0.1) is 0 Å². The van der Waals surface area contributed by atoms with Crippen LogP contribution in [0.2, 0.25) is 0 Å². The van der Waals surface area contributed by atoms with Crippen LogP contribution in [-0.4, -0.2) is 22.7 Å². The van der Waals surface area contributed by atoms with Crippen molar-refractivity contribution < 1.29 is 5.11 Å². The standard InChI is InChI=1S/C6H9BrN2OS/c7-6-9-5(3-11-6)1-4(8)2-10/h3-4,10H,1-2,8H2. The number of rotatable bonds is 3. The van der Waals surface area contributed by atoms with Gasteiger partial charge in [-0.25, -0.2) is 4.98 Å². The van der Waals surface area contributed by atoms with Crippen LogP contribution in [0.4, 0.5) is 0 Å². The summed E-state index contributed by atoms with van der Waals surface area (Å²) in [5, 5.41) is 10.6. The molecule has 3 N–H and O–H groups in total. The Kier molecular flexibility index (Phi) is 3.45. The van der Waals surface area contributed by atoms with Crippen molar-refractivity contribution in [2.75, 3.05) is 6.61 Å². The number of hydrogen-bond donors (Lipinski definition) is 2. The molecule has 0 fully saturated rings. The Hall–Kier alpha value is 0.0300. The van der Waals surface area contributed by atoms with Crippen molar-refractivity contribution in [2.24, 2.45) is 5.73 Å².